The molecule has 0 saturated heterocycles. The normalized spacial score (nSPS) is 11.0. The molecule has 2 rings (SSSR count). The summed E-state index contributed by atoms with van der Waals surface area (Å²) in [7, 11) is 0. The summed E-state index contributed by atoms with van der Waals surface area (Å²) in [5, 5.41) is 1.18. The zero-order valence-corrected chi connectivity index (χ0v) is 15.3. The predicted octanol–water partition coefficient (Wildman–Crippen LogP) is 3.89. The van der Waals surface area contributed by atoms with Gasteiger partial charge in [-0.25, -0.2) is 4.98 Å². The van der Waals surface area contributed by atoms with E-state index < -0.39 is 0 Å². The highest BCUT2D eigenvalue weighted by Gasteiger charge is 2.04. The molecule has 0 fully saturated rings. The maximum Gasteiger partial charge on any atom is 0.251 e. The van der Waals surface area contributed by atoms with Crippen LogP contribution in [0.3, 0.4) is 0 Å². The van der Waals surface area contributed by atoms with E-state index in [9.17, 15) is 4.79 Å². The number of rotatable bonds is 8. The number of aryl methyl sites for hydroxylation is 1. The lowest BCUT2D eigenvalue weighted by atomic mass is 10.2. The topological polar surface area (TPSA) is 55.0 Å². The highest BCUT2D eigenvalue weighted by molar-refractivity contribution is 7.99. The van der Waals surface area contributed by atoms with Crippen LogP contribution in [0.15, 0.2) is 40.3 Å². The molecule has 0 unspecified atom stereocenters. The second kappa shape index (κ2) is 9.03. The van der Waals surface area contributed by atoms with Crippen molar-refractivity contribution in [3.05, 3.63) is 51.9 Å². The molecule has 1 aromatic carbocycles. The van der Waals surface area contributed by atoms with E-state index in [0.29, 0.717) is 17.0 Å². The van der Waals surface area contributed by atoms with Crippen LogP contribution in [0, 0.1) is 6.92 Å². The number of hydrogen-bond acceptors (Lipinski definition) is 5. The van der Waals surface area contributed by atoms with Gasteiger partial charge in [0.25, 0.3) is 5.56 Å². The van der Waals surface area contributed by atoms with Crippen molar-refractivity contribution in [2.45, 2.75) is 36.9 Å². The number of H-pyrrole nitrogens is 1. The molecule has 1 N–H and O–H groups in total. The lowest BCUT2D eigenvalue weighted by Gasteiger charge is -2.07. The fourth-order valence-electron chi connectivity index (χ4n) is 1.81. The zero-order chi connectivity index (χ0) is 16.7. The van der Waals surface area contributed by atoms with Gasteiger partial charge in [0.15, 0.2) is 5.16 Å². The molecule has 0 amide bonds. The Morgan fingerprint density at radius 2 is 2.00 bits per heavy atom. The van der Waals surface area contributed by atoms with Gasteiger partial charge in [-0.05, 0) is 24.3 Å². The molecule has 23 heavy (non-hydrogen) atoms. The third kappa shape index (κ3) is 6.71. The van der Waals surface area contributed by atoms with Gasteiger partial charge in [0.1, 0.15) is 5.75 Å². The monoisotopic (exact) mass is 350 g/mol. The molecule has 6 heteroatoms. The molecule has 1 aromatic heterocycles. The van der Waals surface area contributed by atoms with Gasteiger partial charge in [-0.1, -0.05) is 43.3 Å². The summed E-state index contributed by atoms with van der Waals surface area (Å²) >= 11 is 3.28. The molecule has 0 aliphatic carbocycles. The average molecular weight is 351 g/mol. The molecule has 1 heterocycles. The Bertz CT molecular complexity index is 669. The van der Waals surface area contributed by atoms with Crippen molar-refractivity contribution < 1.29 is 4.74 Å². The first-order valence-corrected chi connectivity index (χ1v) is 9.60. The van der Waals surface area contributed by atoms with Gasteiger partial charge in [0.05, 0.1) is 12.3 Å². The molecule has 4 nitrogen and oxygen atoms in total. The van der Waals surface area contributed by atoms with Crippen LogP contribution in [0.1, 0.15) is 25.1 Å². The van der Waals surface area contributed by atoms with Crippen LogP contribution in [-0.4, -0.2) is 27.6 Å². The first kappa shape index (κ1) is 17.9. The Kier molecular flexibility index (Phi) is 7.05. The summed E-state index contributed by atoms with van der Waals surface area (Å²) in [6.45, 7) is 6.89. The fourth-order valence-corrected chi connectivity index (χ4v) is 3.18. The van der Waals surface area contributed by atoms with Gasteiger partial charge >= 0.3 is 0 Å². The number of aromatic nitrogens is 2. The molecule has 0 radical (unpaired) electrons. The number of aromatic amines is 1. The van der Waals surface area contributed by atoms with Crippen LogP contribution in [-0.2, 0) is 5.75 Å². The van der Waals surface area contributed by atoms with E-state index in [1.54, 1.807) is 17.8 Å². The summed E-state index contributed by atoms with van der Waals surface area (Å²) < 4.78 is 5.68. The number of nitrogens with one attached hydrogen (secondary N) is 1. The molecular formula is C17H22N2O2S2. The predicted molar refractivity (Wildman–Crippen MR) is 98.7 cm³/mol. The second-order valence-electron chi connectivity index (χ2n) is 5.41. The van der Waals surface area contributed by atoms with Gasteiger partial charge in [-0.15, -0.1) is 0 Å². The third-order valence-electron chi connectivity index (χ3n) is 2.95. The fraction of sp³-hybridized carbons (Fsp3) is 0.412. The Labute approximate surface area is 145 Å². The van der Waals surface area contributed by atoms with Crippen molar-refractivity contribution in [3.63, 3.8) is 0 Å². The first-order valence-electron chi connectivity index (χ1n) is 7.57. The smallest absolute Gasteiger partial charge is 0.251 e. The minimum Gasteiger partial charge on any atom is -0.493 e. The van der Waals surface area contributed by atoms with E-state index in [1.165, 1.54) is 17.3 Å². The Hall–Kier alpha value is -1.40. The van der Waals surface area contributed by atoms with E-state index >= 15 is 0 Å². The molecule has 2 aromatic rings. The van der Waals surface area contributed by atoms with Gasteiger partial charge in [0, 0.05) is 17.6 Å². The molecule has 0 saturated carbocycles. The van der Waals surface area contributed by atoms with Gasteiger partial charge in [-0.2, -0.15) is 11.8 Å². The lowest BCUT2D eigenvalue weighted by molar-refractivity contribution is 0.344. The molecule has 124 valence electrons. The number of thioether (sulfide) groups is 2. The van der Waals surface area contributed by atoms with Crippen LogP contribution < -0.4 is 10.3 Å². The Morgan fingerprint density at radius 1 is 1.26 bits per heavy atom. The number of ether oxygens (including phenoxy) is 1. The van der Waals surface area contributed by atoms with Crippen molar-refractivity contribution in [3.8, 4) is 5.75 Å². The third-order valence-corrected chi connectivity index (χ3v) is 4.92. The summed E-state index contributed by atoms with van der Waals surface area (Å²) in [5.41, 5.74) is 1.94. The van der Waals surface area contributed by atoms with Crippen LogP contribution in [0.5, 0.6) is 5.75 Å². The van der Waals surface area contributed by atoms with Gasteiger partial charge < -0.3 is 9.72 Å². The molecule has 0 spiro atoms. The van der Waals surface area contributed by atoms with Crippen molar-refractivity contribution in [2.75, 3.05) is 12.4 Å². The molecule has 0 aliphatic rings. The maximum absolute atomic E-state index is 11.7. The van der Waals surface area contributed by atoms with E-state index in [0.717, 1.165) is 22.9 Å². The minimum absolute atomic E-state index is 0.0960. The van der Waals surface area contributed by atoms with Crippen molar-refractivity contribution in [1.29, 1.82) is 0 Å². The van der Waals surface area contributed by atoms with Gasteiger partial charge in [0.2, 0.25) is 0 Å². The Balaban J connectivity index is 1.82. The number of hydrogen-bond donors (Lipinski definition) is 1. The Morgan fingerprint density at radius 3 is 2.70 bits per heavy atom. The summed E-state index contributed by atoms with van der Waals surface area (Å²) in [6, 6.07) is 9.55. The van der Waals surface area contributed by atoms with Crippen molar-refractivity contribution in [1.82, 2.24) is 9.97 Å². The van der Waals surface area contributed by atoms with Gasteiger partial charge in [-0.3, -0.25) is 4.79 Å². The SMILES string of the molecule is Cc1ccc(OCCSc2nc(CSC(C)C)cc(=O)[nH]2)cc1. The van der Waals surface area contributed by atoms with Crippen molar-refractivity contribution >= 4 is 23.5 Å². The van der Waals surface area contributed by atoms with Crippen LogP contribution in [0.2, 0.25) is 0 Å². The molecule has 0 aliphatic heterocycles. The van der Waals surface area contributed by atoms with E-state index in [2.05, 4.69) is 23.8 Å². The van der Waals surface area contributed by atoms with Crippen LogP contribution >= 0.6 is 23.5 Å². The zero-order valence-electron chi connectivity index (χ0n) is 13.7. The number of benzene rings is 1. The van der Waals surface area contributed by atoms with E-state index in [-0.39, 0.29) is 5.56 Å². The highest BCUT2D eigenvalue weighted by Crippen LogP contribution is 2.18. The first-order chi connectivity index (χ1) is 11.0. The minimum atomic E-state index is -0.0960. The molecular weight excluding hydrogens is 328 g/mol. The summed E-state index contributed by atoms with van der Waals surface area (Å²) in [4.78, 5) is 19.0. The average Bonchev–Trinajstić information content (AvgIpc) is 2.51. The standard InChI is InChI=1S/C17H22N2O2S2/c1-12(2)23-11-14-10-16(20)19-17(18-14)22-9-8-21-15-6-4-13(3)5-7-15/h4-7,10,12H,8-9,11H2,1-3H3,(H,18,19,20). The second-order valence-corrected chi connectivity index (χ2v) is 8.06. The quantitative estimate of drug-likeness (QED) is 0.445. The molecule has 0 atom stereocenters. The van der Waals surface area contributed by atoms with Crippen LogP contribution in [0.4, 0.5) is 0 Å². The largest absolute Gasteiger partial charge is 0.493 e. The van der Waals surface area contributed by atoms with Crippen LogP contribution in [0.25, 0.3) is 0 Å². The maximum atomic E-state index is 11.7. The highest BCUT2D eigenvalue weighted by atomic mass is 32.2. The van der Waals surface area contributed by atoms with E-state index in [1.807, 2.05) is 31.2 Å². The van der Waals surface area contributed by atoms with E-state index in [4.69, 9.17) is 4.74 Å². The summed E-state index contributed by atoms with van der Waals surface area (Å²) in [6.07, 6.45) is 0. The lowest BCUT2D eigenvalue weighted by Crippen LogP contribution is -2.11. The summed E-state index contributed by atoms with van der Waals surface area (Å²) in [5.74, 6) is 2.35. The number of nitrogens with zero attached hydrogens (tertiary/aromatic N) is 1. The molecule has 0 bridgehead atoms. The van der Waals surface area contributed by atoms with Crippen molar-refractivity contribution in [2.24, 2.45) is 0 Å².